The maximum absolute atomic E-state index is 4.37. The molecule has 0 aliphatic heterocycles. The number of nitrogens with zero attached hydrogens (tertiary/aromatic N) is 2. The highest BCUT2D eigenvalue weighted by atomic mass is 15.3. The van der Waals surface area contributed by atoms with Crippen molar-refractivity contribution in [2.75, 3.05) is 11.9 Å². The molecule has 1 fully saturated rings. The molecule has 1 aromatic heterocycles. The molecule has 0 bridgehead atoms. The van der Waals surface area contributed by atoms with Crippen LogP contribution in [-0.2, 0) is 0 Å². The van der Waals surface area contributed by atoms with Crippen LogP contribution in [0.25, 0.3) is 0 Å². The molecule has 14 heavy (non-hydrogen) atoms. The van der Waals surface area contributed by atoms with Crippen LogP contribution in [-0.4, -0.2) is 16.3 Å². The fourth-order valence-electron chi connectivity index (χ4n) is 1.60. The Labute approximate surface area is 85.5 Å². The first-order chi connectivity index (χ1) is 6.75. The standard InChI is InChI=1S/C11H19N3/c1-9(2)6-12-10-7-13-14(8-10)11-4-3-5-11/h7-9,11-12H,3-6H2,1-2H3. The Balaban J connectivity index is 1.89. The Morgan fingerprint density at radius 1 is 1.57 bits per heavy atom. The van der Waals surface area contributed by atoms with Gasteiger partial charge in [0.25, 0.3) is 0 Å². The van der Waals surface area contributed by atoms with E-state index in [4.69, 9.17) is 0 Å². The van der Waals surface area contributed by atoms with Gasteiger partial charge >= 0.3 is 0 Å². The monoisotopic (exact) mass is 193 g/mol. The molecular weight excluding hydrogens is 174 g/mol. The highest BCUT2D eigenvalue weighted by molar-refractivity contribution is 5.38. The topological polar surface area (TPSA) is 29.9 Å². The minimum atomic E-state index is 0.671. The van der Waals surface area contributed by atoms with Gasteiger partial charge in [-0.3, -0.25) is 4.68 Å². The molecule has 3 heteroatoms. The lowest BCUT2D eigenvalue weighted by Gasteiger charge is -2.25. The molecule has 1 aliphatic carbocycles. The Kier molecular flexibility index (Phi) is 2.75. The van der Waals surface area contributed by atoms with Crippen LogP contribution < -0.4 is 5.32 Å². The minimum Gasteiger partial charge on any atom is -0.382 e. The zero-order valence-electron chi connectivity index (χ0n) is 9.03. The number of aromatic nitrogens is 2. The van der Waals surface area contributed by atoms with Crippen molar-refractivity contribution in [2.24, 2.45) is 5.92 Å². The zero-order valence-corrected chi connectivity index (χ0v) is 9.03. The Morgan fingerprint density at radius 2 is 2.36 bits per heavy atom. The quantitative estimate of drug-likeness (QED) is 0.796. The summed E-state index contributed by atoms with van der Waals surface area (Å²) in [6.07, 6.45) is 8.02. The molecule has 1 saturated carbocycles. The van der Waals surface area contributed by atoms with Crippen molar-refractivity contribution >= 4 is 5.69 Å². The van der Waals surface area contributed by atoms with E-state index in [2.05, 4.69) is 35.1 Å². The van der Waals surface area contributed by atoms with Crippen LogP contribution in [0.3, 0.4) is 0 Å². The van der Waals surface area contributed by atoms with Crippen molar-refractivity contribution in [3.8, 4) is 0 Å². The van der Waals surface area contributed by atoms with Crippen LogP contribution in [0.1, 0.15) is 39.2 Å². The number of anilines is 1. The van der Waals surface area contributed by atoms with Gasteiger partial charge in [0.05, 0.1) is 17.9 Å². The van der Waals surface area contributed by atoms with E-state index in [1.54, 1.807) is 0 Å². The third-order valence-corrected chi connectivity index (χ3v) is 2.76. The molecular formula is C11H19N3. The summed E-state index contributed by atoms with van der Waals surface area (Å²) in [7, 11) is 0. The highest BCUT2D eigenvalue weighted by Gasteiger charge is 2.19. The van der Waals surface area contributed by atoms with Crippen molar-refractivity contribution in [1.29, 1.82) is 0 Å². The number of nitrogens with one attached hydrogen (secondary N) is 1. The van der Waals surface area contributed by atoms with E-state index in [9.17, 15) is 0 Å². The summed E-state index contributed by atoms with van der Waals surface area (Å²) in [5.41, 5.74) is 1.16. The maximum Gasteiger partial charge on any atom is 0.0726 e. The van der Waals surface area contributed by atoms with Crippen LogP contribution >= 0.6 is 0 Å². The van der Waals surface area contributed by atoms with Crippen LogP contribution in [0.2, 0.25) is 0 Å². The first-order valence-electron chi connectivity index (χ1n) is 5.53. The average molecular weight is 193 g/mol. The molecule has 78 valence electrons. The maximum atomic E-state index is 4.37. The molecule has 1 aromatic rings. The van der Waals surface area contributed by atoms with Crippen molar-refractivity contribution in [2.45, 2.75) is 39.2 Å². The van der Waals surface area contributed by atoms with Gasteiger partial charge in [0.2, 0.25) is 0 Å². The first-order valence-corrected chi connectivity index (χ1v) is 5.53. The third kappa shape index (κ3) is 2.08. The fourth-order valence-corrected chi connectivity index (χ4v) is 1.60. The molecule has 1 aliphatic rings. The molecule has 1 heterocycles. The second-order valence-corrected chi connectivity index (χ2v) is 4.57. The van der Waals surface area contributed by atoms with Gasteiger partial charge in [-0.05, 0) is 25.2 Å². The predicted octanol–water partition coefficient (Wildman–Crippen LogP) is 2.68. The molecule has 0 saturated heterocycles. The van der Waals surface area contributed by atoms with Crippen molar-refractivity contribution in [3.63, 3.8) is 0 Å². The van der Waals surface area contributed by atoms with E-state index in [-0.39, 0.29) is 0 Å². The Bertz CT molecular complexity index is 286. The average Bonchev–Trinajstić information content (AvgIpc) is 2.46. The summed E-state index contributed by atoms with van der Waals surface area (Å²) >= 11 is 0. The normalized spacial score (nSPS) is 17.1. The molecule has 3 nitrogen and oxygen atoms in total. The molecule has 0 atom stereocenters. The summed E-state index contributed by atoms with van der Waals surface area (Å²) in [4.78, 5) is 0. The SMILES string of the molecule is CC(C)CNc1cnn(C2CCC2)c1. The summed E-state index contributed by atoms with van der Waals surface area (Å²) < 4.78 is 2.10. The second kappa shape index (κ2) is 4.03. The van der Waals surface area contributed by atoms with Crippen LogP contribution in [0.4, 0.5) is 5.69 Å². The number of hydrogen-bond acceptors (Lipinski definition) is 2. The number of rotatable bonds is 4. The van der Waals surface area contributed by atoms with Gasteiger partial charge in [0.15, 0.2) is 0 Å². The van der Waals surface area contributed by atoms with Crippen LogP contribution in [0.5, 0.6) is 0 Å². The molecule has 2 rings (SSSR count). The van der Waals surface area contributed by atoms with Gasteiger partial charge in [0.1, 0.15) is 0 Å². The van der Waals surface area contributed by atoms with E-state index in [1.165, 1.54) is 19.3 Å². The van der Waals surface area contributed by atoms with E-state index < -0.39 is 0 Å². The van der Waals surface area contributed by atoms with Gasteiger partial charge in [-0.15, -0.1) is 0 Å². The molecule has 1 N–H and O–H groups in total. The van der Waals surface area contributed by atoms with E-state index in [0.717, 1.165) is 12.2 Å². The van der Waals surface area contributed by atoms with Crippen LogP contribution in [0, 0.1) is 5.92 Å². The van der Waals surface area contributed by atoms with Gasteiger partial charge < -0.3 is 5.32 Å². The van der Waals surface area contributed by atoms with Gasteiger partial charge in [-0.1, -0.05) is 13.8 Å². The predicted molar refractivity (Wildman–Crippen MR) is 58.4 cm³/mol. The summed E-state index contributed by atoms with van der Waals surface area (Å²) in [6.45, 7) is 5.45. The van der Waals surface area contributed by atoms with Crippen LogP contribution in [0.15, 0.2) is 12.4 Å². The summed E-state index contributed by atoms with van der Waals surface area (Å²) in [6, 6.07) is 0.671. The lowest BCUT2D eigenvalue weighted by Crippen LogP contribution is -2.17. The van der Waals surface area contributed by atoms with E-state index >= 15 is 0 Å². The smallest absolute Gasteiger partial charge is 0.0726 e. The third-order valence-electron chi connectivity index (χ3n) is 2.76. The zero-order chi connectivity index (χ0) is 9.97. The lowest BCUT2D eigenvalue weighted by molar-refractivity contribution is 0.289. The summed E-state index contributed by atoms with van der Waals surface area (Å²) in [5, 5.41) is 7.75. The fraction of sp³-hybridized carbons (Fsp3) is 0.727. The molecule has 0 unspecified atom stereocenters. The largest absolute Gasteiger partial charge is 0.382 e. The number of hydrogen-bond donors (Lipinski definition) is 1. The van der Waals surface area contributed by atoms with E-state index in [0.29, 0.717) is 12.0 Å². The van der Waals surface area contributed by atoms with E-state index in [1.807, 2.05) is 6.20 Å². The van der Waals surface area contributed by atoms with Crippen molar-refractivity contribution < 1.29 is 0 Å². The highest BCUT2D eigenvalue weighted by Crippen LogP contribution is 2.31. The van der Waals surface area contributed by atoms with Crippen molar-refractivity contribution in [3.05, 3.63) is 12.4 Å². The lowest BCUT2D eigenvalue weighted by atomic mass is 9.93. The Morgan fingerprint density at radius 3 is 2.93 bits per heavy atom. The van der Waals surface area contributed by atoms with Crippen molar-refractivity contribution in [1.82, 2.24) is 9.78 Å². The van der Waals surface area contributed by atoms with Gasteiger partial charge in [-0.2, -0.15) is 5.10 Å². The molecule has 0 aromatic carbocycles. The Hall–Kier alpha value is -0.990. The minimum absolute atomic E-state index is 0.671. The molecule has 0 radical (unpaired) electrons. The summed E-state index contributed by atoms with van der Waals surface area (Å²) in [5.74, 6) is 0.682. The van der Waals surface area contributed by atoms with Gasteiger partial charge in [-0.25, -0.2) is 0 Å². The molecule has 0 spiro atoms. The molecule has 0 amide bonds. The second-order valence-electron chi connectivity index (χ2n) is 4.57. The first kappa shape index (κ1) is 9.56. The van der Waals surface area contributed by atoms with Gasteiger partial charge in [0, 0.05) is 12.7 Å².